The normalized spacial score (nSPS) is 18.2. The van der Waals surface area contributed by atoms with E-state index in [1.807, 2.05) is 0 Å². The maximum Gasteiger partial charge on any atom is 0.225 e. The van der Waals surface area contributed by atoms with E-state index in [2.05, 4.69) is 9.98 Å². The number of pyridine rings is 1. The van der Waals surface area contributed by atoms with Gasteiger partial charge in [0, 0.05) is 24.4 Å². The topological polar surface area (TPSA) is 59.4 Å². The Morgan fingerprint density at radius 1 is 1.06 bits per heavy atom. The van der Waals surface area contributed by atoms with E-state index in [1.54, 1.807) is 43.4 Å². The fourth-order valence-electron chi connectivity index (χ4n) is 2.17. The number of hydrogen-bond acceptors (Lipinski definition) is 4. The van der Waals surface area contributed by atoms with E-state index in [1.165, 1.54) is 6.20 Å². The third-order valence-corrected chi connectivity index (χ3v) is 4.71. The zero-order valence-corrected chi connectivity index (χ0v) is 10.5. The average Bonchev–Trinajstić information content (AvgIpc) is 2.40. The lowest BCUT2D eigenvalue weighted by atomic mass is 10.0. The molecule has 0 unspecified atom stereocenters. The molecule has 1 aromatic heterocycles. The second kappa shape index (κ2) is 3.74. The van der Waals surface area contributed by atoms with Crippen molar-refractivity contribution in [1.29, 1.82) is 0 Å². The lowest BCUT2D eigenvalue weighted by Crippen LogP contribution is -2.21. The molecule has 1 aromatic carbocycles. The smallest absolute Gasteiger partial charge is 0.225 e. The molecule has 2 aromatic rings. The highest BCUT2D eigenvalue weighted by Gasteiger charge is 2.33. The van der Waals surface area contributed by atoms with Gasteiger partial charge in [0.25, 0.3) is 0 Å². The van der Waals surface area contributed by atoms with Gasteiger partial charge in [0.1, 0.15) is 0 Å². The van der Waals surface area contributed by atoms with Crippen molar-refractivity contribution in [2.75, 3.05) is 7.05 Å². The molecule has 4 nitrogen and oxygen atoms in total. The van der Waals surface area contributed by atoms with Gasteiger partial charge in [-0.05, 0) is 18.2 Å². The van der Waals surface area contributed by atoms with Crippen LogP contribution in [0.25, 0.3) is 0 Å². The van der Waals surface area contributed by atoms with Gasteiger partial charge in [0.2, 0.25) is 9.84 Å². The Morgan fingerprint density at radius 2 is 1.78 bits per heavy atom. The summed E-state index contributed by atoms with van der Waals surface area (Å²) >= 11 is 0. The summed E-state index contributed by atoms with van der Waals surface area (Å²) in [6.45, 7) is 0. The van der Waals surface area contributed by atoms with Crippen molar-refractivity contribution >= 4 is 15.5 Å². The number of benzene rings is 1. The first-order chi connectivity index (χ1) is 8.66. The van der Waals surface area contributed by atoms with Crippen molar-refractivity contribution in [1.82, 2.24) is 4.98 Å². The standard InChI is InChI=1S/C13H10N2O2S/c1-14-12-9-5-2-3-7-11(9)18(16,17)13-10(12)6-4-8-15-13/h2-8H,1H3. The van der Waals surface area contributed by atoms with Crippen LogP contribution in [0.15, 0.2) is 57.5 Å². The molecule has 0 radical (unpaired) electrons. The van der Waals surface area contributed by atoms with Crippen LogP contribution in [0.1, 0.15) is 11.1 Å². The Kier molecular flexibility index (Phi) is 2.31. The first-order valence-electron chi connectivity index (χ1n) is 5.43. The van der Waals surface area contributed by atoms with Gasteiger partial charge in [-0.15, -0.1) is 0 Å². The number of sulfone groups is 1. The molecule has 1 aliphatic heterocycles. The number of nitrogens with zero attached hydrogens (tertiary/aromatic N) is 2. The molecule has 0 bridgehead atoms. The molecule has 90 valence electrons. The first-order valence-corrected chi connectivity index (χ1v) is 6.91. The quantitative estimate of drug-likeness (QED) is 0.616. The summed E-state index contributed by atoms with van der Waals surface area (Å²) in [6, 6.07) is 10.3. The monoisotopic (exact) mass is 258 g/mol. The van der Waals surface area contributed by atoms with Crippen molar-refractivity contribution in [3.8, 4) is 0 Å². The summed E-state index contributed by atoms with van der Waals surface area (Å²) in [6.07, 6.45) is 1.48. The molecule has 0 amide bonds. The molecule has 0 atom stereocenters. The van der Waals surface area contributed by atoms with Crippen LogP contribution in [-0.4, -0.2) is 26.2 Å². The summed E-state index contributed by atoms with van der Waals surface area (Å²) in [5.74, 6) is 0. The van der Waals surface area contributed by atoms with Crippen LogP contribution in [-0.2, 0) is 9.84 Å². The molecule has 0 saturated carbocycles. The fraction of sp³-hybridized carbons (Fsp3) is 0.0769. The molecule has 1 aliphatic rings. The Hall–Kier alpha value is -2.01. The van der Waals surface area contributed by atoms with Gasteiger partial charge < -0.3 is 0 Å². The van der Waals surface area contributed by atoms with Crippen LogP contribution in [0.2, 0.25) is 0 Å². The minimum atomic E-state index is -3.54. The van der Waals surface area contributed by atoms with E-state index in [0.717, 1.165) is 0 Å². The van der Waals surface area contributed by atoms with Crippen molar-refractivity contribution in [2.24, 2.45) is 4.99 Å². The number of fused-ring (bicyclic) bond motifs is 2. The van der Waals surface area contributed by atoms with Gasteiger partial charge in [-0.3, -0.25) is 4.99 Å². The fourth-order valence-corrected chi connectivity index (χ4v) is 3.75. The van der Waals surface area contributed by atoms with E-state index in [0.29, 0.717) is 16.8 Å². The molecule has 3 rings (SSSR count). The highest BCUT2D eigenvalue weighted by molar-refractivity contribution is 7.91. The van der Waals surface area contributed by atoms with Crippen molar-refractivity contribution in [3.05, 3.63) is 53.7 Å². The third kappa shape index (κ3) is 1.34. The molecule has 5 heteroatoms. The van der Waals surface area contributed by atoms with Gasteiger partial charge in [0.05, 0.1) is 10.6 Å². The van der Waals surface area contributed by atoms with E-state index < -0.39 is 9.84 Å². The average molecular weight is 258 g/mol. The predicted octanol–water partition coefficient (Wildman–Crippen LogP) is 1.70. The van der Waals surface area contributed by atoms with Crippen LogP contribution < -0.4 is 0 Å². The van der Waals surface area contributed by atoms with E-state index >= 15 is 0 Å². The number of aromatic nitrogens is 1. The molecule has 2 heterocycles. The highest BCUT2D eigenvalue weighted by atomic mass is 32.2. The van der Waals surface area contributed by atoms with Gasteiger partial charge in [-0.1, -0.05) is 18.2 Å². The van der Waals surface area contributed by atoms with E-state index in [-0.39, 0.29) is 9.92 Å². The minimum Gasteiger partial charge on any atom is -0.287 e. The molecular weight excluding hydrogens is 248 g/mol. The van der Waals surface area contributed by atoms with Crippen LogP contribution >= 0.6 is 0 Å². The number of rotatable bonds is 0. The molecular formula is C13H10N2O2S. The third-order valence-electron chi connectivity index (χ3n) is 2.94. The van der Waals surface area contributed by atoms with Crippen molar-refractivity contribution < 1.29 is 8.42 Å². The molecule has 0 aliphatic carbocycles. The maximum absolute atomic E-state index is 12.4. The maximum atomic E-state index is 12.4. The summed E-state index contributed by atoms with van der Waals surface area (Å²) in [5, 5.41) is 0.0873. The largest absolute Gasteiger partial charge is 0.287 e. The molecule has 0 saturated heterocycles. The summed E-state index contributed by atoms with van der Waals surface area (Å²) in [5.41, 5.74) is 1.88. The zero-order chi connectivity index (χ0) is 12.8. The molecule has 18 heavy (non-hydrogen) atoms. The van der Waals surface area contributed by atoms with Crippen molar-refractivity contribution in [2.45, 2.75) is 9.92 Å². The zero-order valence-electron chi connectivity index (χ0n) is 9.66. The number of hydrogen-bond donors (Lipinski definition) is 0. The van der Waals surface area contributed by atoms with Gasteiger partial charge in [-0.25, -0.2) is 13.4 Å². The summed E-state index contributed by atoms with van der Waals surface area (Å²) in [4.78, 5) is 8.48. The lowest BCUT2D eigenvalue weighted by molar-refractivity contribution is 0.591. The predicted molar refractivity (Wildman–Crippen MR) is 67.7 cm³/mol. The van der Waals surface area contributed by atoms with Gasteiger partial charge in [-0.2, -0.15) is 0 Å². The van der Waals surface area contributed by atoms with E-state index in [9.17, 15) is 8.42 Å². The van der Waals surface area contributed by atoms with Crippen molar-refractivity contribution in [3.63, 3.8) is 0 Å². The van der Waals surface area contributed by atoms with Crippen LogP contribution in [0, 0.1) is 0 Å². The van der Waals surface area contributed by atoms with E-state index in [4.69, 9.17) is 0 Å². The molecule has 0 spiro atoms. The summed E-state index contributed by atoms with van der Waals surface area (Å²) < 4.78 is 24.9. The lowest BCUT2D eigenvalue weighted by Gasteiger charge is -2.20. The molecule has 0 N–H and O–H groups in total. The Labute approximate surface area is 105 Å². The second-order valence-corrected chi connectivity index (χ2v) is 5.76. The Balaban J connectivity index is 2.49. The van der Waals surface area contributed by atoms with Gasteiger partial charge >= 0.3 is 0 Å². The Morgan fingerprint density at radius 3 is 2.56 bits per heavy atom. The SMILES string of the molecule is CN=C1c2ccccc2S(=O)(=O)c2ncccc21. The van der Waals surface area contributed by atoms with Crippen LogP contribution in [0.5, 0.6) is 0 Å². The summed E-state index contributed by atoms with van der Waals surface area (Å²) in [7, 11) is -1.88. The molecule has 0 fully saturated rings. The minimum absolute atomic E-state index is 0.0873. The van der Waals surface area contributed by atoms with Crippen LogP contribution in [0.4, 0.5) is 0 Å². The number of aliphatic imine (C=N–C) groups is 1. The van der Waals surface area contributed by atoms with Gasteiger partial charge in [0.15, 0.2) is 5.03 Å². The first kappa shape index (κ1) is 11.1. The Bertz CT molecular complexity index is 709. The second-order valence-electron chi connectivity index (χ2n) is 3.93. The highest BCUT2D eigenvalue weighted by Crippen LogP contribution is 2.32. The van der Waals surface area contributed by atoms with Crippen LogP contribution in [0.3, 0.4) is 0 Å².